The van der Waals surface area contributed by atoms with E-state index in [-0.39, 0.29) is 23.0 Å². The second-order valence-electron chi connectivity index (χ2n) is 5.30. The Hall–Kier alpha value is -3.88. The molecule has 1 aromatic carbocycles. The number of carbonyl (C=O) groups is 2. The average Bonchev–Trinajstić information content (AvgIpc) is 3.17. The third kappa shape index (κ3) is 3.78. The lowest BCUT2D eigenvalue weighted by Gasteiger charge is -2.13. The fourth-order valence-electron chi connectivity index (χ4n) is 2.11. The van der Waals surface area contributed by atoms with Crippen molar-refractivity contribution in [1.82, 2.24) is 15.4 Å². The molecule has 0 fully saturated rings. The number of rotatable bonds is 6. The number of nitrogens with one attached hydrogen (secondary N) is 3. The molecule has 1 amide bonds. The minimum absolute atomic E-state index is 0.0168. The molecular formula is C17H16N6O3. The van der Waals surface area contributed by atoms with Gasteiger partial charge in [0.25, 0.3) is 0 Å². The first-order valence-corrected chi connectivity index (χ1v) is 7.63. The minimum atomic E-state index is -0.470. The number of carbonyl (C=O) groups excluding carboxylic acids is 2. The van der Waals surface area contributed by atoms with Gasteiger partial charge in [0.15, 0.2) is 23.2 Å². The van der Waals surface area contributed by atoms with Crippen LogP contribution in [0.5, 0.6) is 0 Å². The number of nitrogens with two attached hydrogens (primary N) is 1. The van der Waals surface area contributed by atoms with E-state index in [1.165, 1.54) is 25.6 Å². The average molecular weight is 352 g/mol. The van der Waals surface area contributed by atoms with E-state index in [4.69, 9.17) is 10.2 Å². The molecule has 3 rings (SSSR count). The molecule has 0 bridgehead atoms. The van der Waals surface area contributed by atoms with Crippen LogP contribution in [-0.4, -0.2) is 21.7 Å². The highest BCUT2D eigenvalue weighted by Crippen LogP contribution is 2.25. The van der Waals surface area contributed by atoms with Gasteiger partial charge in [-0.2, -0.15) is 0 Å². The molecule has 2 aromatic heterocycles. The molecule has 0 radical (unpaired) electrons. The molecule has 9 nitrogen and oxygen atoms in total. The number of amides is 1. The van der Waals surface area contributed by atoms with Crippen molar-refractivity contribution in [1.29, 1.82) is 0 Å². The van der Waals surface area contributed by atoms with Crippen molar-refractivity contribution in [3.63, 3.8) is 0 Å². The van der Waals surface area contributed by atoms with Gasteiger partial charge in [-0.3, -0.25) is 20.4 Å². The summed E-state index contributed by atoms with van der Waals surface area (Å²) < 4.78 is 4.99. The van der Waals surface area contributed by atoms with Gasteiger partial charge < -0.3 is 15.5 Å². The zero-order chi connectivity index (χ0) is 18.5. The van der Waals surface area contributed by atoms with Crippen LogP contribution in [0.1, 0.15) is 27.8 Å². The maximum absolute atomic E-state index is 11.9. The smallest absolute Gasteiger partial charge is 0.305 e. The molecule has 0 saturated heterocycles. The Morgan fingerprint density at radius 1 is 1.08 bits per heavy atom. The van der Waals surface area contributed by atoms with E-state index in [0.717, 1.165) is 0 Å². The zero-order valence-electron chi connectivity index (χ0n) is 13.8. The summed E-state index contributed by atoms with van der Waals surface area (Å²) in [5.74, 6) is 0.237. The Morgan fingerprint density at radius 3 is 2.46 bits per heavy atom. The van der Waals surface area contributed by atoms with E-state index in [1.807, 2.05) is 0 Å². The Kier molecular flexibility index (Phi) is 4.79. The summed E-state index contributed by atoms with van der Waals surface area (Å²) in [5.41, 5.74) is 12.6. The van der Waals surface area contributed by atoms with Crippen LogP contribution in [0, 0.1) is 0 Å². The summed E-state index contributed by atoms with van der Waals surface area (Å²) in [5, 5.41) is 3.04. The van der Waals surface area contributed by atoms with Gasteiger partial charge in [-0.05, 0) is 43.3 Å². The summed E-state index contributed by atoms with van der Waals surface area (Å²) in [6.07, 6.45) is 2.69. The standard InChI is InChI=1S/C17H16N6O3/c1-10(24)11-4-6-12(7-5-11)21-15-14(18)16(20-9-19-15)22-23-17(25)13-3-2-8-26-13/h2-9H,18H2,1H3,(H,23,25)(H2,19,20,21,22). The summed E-state index contributed by atoms with van der Waals surface area (Å²) in [6.45, 7) is 1.50. The lowest BCUT2D eigenvalue weighted by atomic mass is 10.1. The number of Topliss-reactive ketones (excluding diaryl/α,β-unsaturated/α-hetero) is 1. The quantitative estimate of drug-likeness (QED) is 0.392. The van der Waals surface area contributed by atoms with Crippen LogP contribution in [0.4, 0.5) is 23.0 Å². The number of hydrogen-bond acceptors (Lipinski definition) is 8. The van der Waals surface area contributed by atoms with Crippen LogP contribution in [0.3, 0.4) is 0 Å². The van der Waals surface area contributed by atoms with Crippen LogP contribution in [0.25, 0.3) is 0 Å². The largest absolute Gasteiger partial charge is 0.459 e. The fraction of sp³-hybridized carbons (Fsp3) is 0.0588. The van der Waals surface area contributed by atoms with E-state index in [2.05, 4.69) is 26.1 Å². The maximum Gasteiger partial charge on any atom is 0.305 e. The predicted octanol–water partition coefficient (Wildman–Crippen LogP) is 2.35. The van der Waals surface area contributed by atoms with E-state index in [1.54, 1.807) is 30.3 Å². The lowest BCUT2D eigenvalue weighted by Crippen LogP contribution is -2.30. The van der Waals surface area contributed by atoms with Crippen molar-refractivity contribution >= 4 is 34.7 Å². The summed E-state index contributed by atoms with van der Waals surface area (Å²) in [4.78, 5) is 31.3. The fourth-order valence-corrected chi connectivity index (χ4v) is 2.11. The second kappa shape index (κ2) is 7.34. The zero-order valence-corrected chi connectivity index (χ0v) is 13.8. The highest BCUT2D eigenvalue weighted by atomic mass is 16.3. The number of benzene rings is 1. The molecular weight excluding hydrogens is 336 g/mol. The number of nitrogens with zero attached hydrogens (tertiary/aromatic N) is 2. The molecule has 0 saturated carbocycles. The SMILES string of the molecule is CC(=O)c1ccc(Nc2ncnc(NNC(=O)c3ccco3)c2N)cc1. The molecule has 132 valence electrons. The number of aromatic nitrogens is 2. The van der Waals surface area contributed by atoms with Gasteiger partial charge in [0.05, 0.1) is 6.26 Å². The normalized spacial score (nSPS) is 10.2. The second-order valence-corrected chi connectivity index (χ2v) is 5.30. The first kappa shape index (κ1) is 17.0. The first-order valence-electron chi connectivity index (χ1n) is 7.63. The van der Waals surface area contributed by atoms with Gasteiger partial charge in [-0.25, -0.2) is 9.97 Å². The lowest BCUT2D eigenvalue weighted by molar-refractivity contribution is 0.0934. The molecule has 26 heavy (non-hydrogen) atoms. The Bertz CT molecular complexity index is 922. The maximum atomic E-state index is 11.9. The van der Waals surface area contributed by atoms with Crippen LogP contribution < -0.4 is 21.9 Å². The van der Waals surface area contributed by atoms with E-state index >= 15 is 0 Å². The third-order valence-corrected chi connectivity index (χ3v) is 3.48. The molecule has 5 N–H and O–H groups in total. The molecule has 0 unspecified atom stereocenters. The van der Waals surface area contributed by atoms with Crippen LogP contribution in [0.2, 0.25) is 0 Å². The Morgan fingerprint density at radius 2 is 1.81 bits per heavy atom. The number of furan rings is 1. The van der Waals surface area contributed by atoms with Gasteiger partial charge in [-0.15, -0.1) is 0 Å². The predicted molar refractivity (Wildman–Crippen MR) is 96.0 cm³/mol. The molecule has 3 aromatic rings. The first-order chi connectivity index (χ1) is 12.5. The highest BCUT2D eigenvalue weighted by Gasteiger charge is 2.12. The summed E-state index contributed by atoms with van der Waals surface area (Å²) in [6, 6.07) is 10.0. The van der Waals surface area contributed by atoms with Crippen molar-refractivity contribution in [2.75, 3.05) is 16.5 Å². The monoisotopic (exact) mass is 352 g/mol. The van der Waals surface area contributed by atoms with Crippen LogP contribution >= 0.6 is 0 Å². The third-order valence-electron chi connectivity index (χ3n) is 3.48. The van der Waals surface area contributed by atoms with Gasteiger partial charge in [0.1, 0.15) is 12.0 Å². The van der Waals surface area contributed by atoms with Gasteiger partial charge in [0.2, 0.25) is 0 Å². The Balaban J connectivity index is 1.70. The number of ketones is 1. The molecule has 0 spiro atoms. The van der Waals surface area contributed by atoms with E-state index < -0.39 is 5.91 Å². The minimum Gasteiger partial charge on any atom is -0.459 e. The molecule has 9 heteroatoms. The van der Waals surface area contributed by atoms with Crippen LogP contribution in [0.15, 0.2) is 53.4 Å². The molecule has 2 heterocycles. The van der Waals surface area contributed by atoms with E-state index in [9.17, 15) is 9.59 Å². The number of hydrazine groups is 1. The van der Waals surface area contributed by atoms with Gasteiger partial charge >= 0.3 is 5.91 Å². The topological polar surface area (TPSA) is 135 Å². The number of anilines is 4. The number of hydrogen-bond donors (Lipinski definition) is 4. The van der Waals surface area contributed by atoms with Gasteiger partial charge in [-0.1, -0.05) is 0 Å². The summed E-state index contributed by atoms with van der Waals surface area (Å²) in [7, 11) is 0. The van der Waals surface area contributed by atoms with Crippen molar-refractivity contribution in [2.45, 2.75) is 6.92 Å². The van der Waals surface area contributed by atoms with Crippen molar-refractivity contribution in [3.8, 4) is 0 Å². The highest BCUT2D eigenvalue weighted by molar-refractivity contribution is 5.94. The van der Waals surface area contributed by atoms with Crippen molar-refractivity contribution in [2.24, 2.45) is 0 Å². The molecule has 0 atom stereocenters. The van der Waals surface area contributed by atoms with Gasteiger partial charge in [0, 0.05) is 11.3 Å². The number of nitrogen functional groups attached to an aromatic ring is 1. The van der Waals surface area contributed by atoms with Crippen LogP contribution in [-0.2, 0) is 0 Å². The Labute approximate surface area is 148 Å². The molecule has 0 aliphatic carbocycles. The van der Waals surface area contributed by atoms with Crippen molar-refractivity contribution in [3.05, 3.63) is 60.3 Å². The van der Waals surface area contributed by atoms with Crippen molar-refractivity contribution < 1.29 is 14.0 Å². The molecule has 0 aliphatic heterocycles. The van der Waals surface area contributed by atoms with E-state index in [0.29, 0.717) is 17.1 Å². The summed E-state index contributed by atoms with van der Waals surface area (Å²) >= 11 is 0. The molecule has 0 aliphatic rings.